The van der Waals surface area contributed by atoms with E-state index in [4.69, 9.17) is 0 Å². The number of nitrogens with one attached hydrogen (secondary N) is 2. The van der Waals surface area contributed by atoms with Gasteiger partial charge in [-0.25, -0.2) is 4.79 Å². The number of rotatable bonds is 5. The second-order valence-electron chi connectivity index (χ2n) is 6.80. The summed E-state index contributed by atoms with van der Waals surface area (Å²) in [5, 5.41) is 16.5. The maximum absolute atomic E-state index is 12.5. The van der Waals surface area contributed by atoms with Gasteiger partial charge in [0.25, 0.3) is 5.91 Å². The normalized spacial score (nSPS) is 27.8. The molecule has 1 aliphatic carbocycles. The summed E-state index contributed by atoms with van der Waals surface area (Å²) in [4.78, 5) is 35.4. The first-order valence-corrected chi connectivity index (χ1v) is 8.34. The van der Waals surface area contributed by atoms with Crippen molar-refractivity contribution in [3.63, 3.8) is 0 Å². The standard InChI is InChI=1S/C19H18N2O4/c22-16(23)14-10-15(14)19(17(24)20-18(25)21-19)9-8-12-6-3-5-11-4-1-2-7-13(11)12/h1-7,14-15H,8-10H2,(H,22,23)(H2,20,21,24,25)/t14-,15-,19?/m0/s1. The molecule has 1 saturated heterocycles. The van der Waals surface area contributed by atoms with Crippen molar-refractivity contribution in [1.82, 2.24) is 10.6 Å². The molecule has 3 amide bonds. The van der Waals surface area contributed by atoms with Gasteiger partial charge < -0.3 is 10.4 Å². The van der Waals surface area contributed by atoms with Gasteiger partial charge in [-0.3, -0.25) is 14.9 Å². The highest BCUT2D eigenvalue weighted by molar-refractivity contribution is 6.08. The van der Waals surface area contributed by atoms with Crippen LogP contribution in [0.25, 0.3) is 10.8 Å². The van der Waals surface area contributed by atoms with Crippen molar-refractivity contribution in [2.45, 2.75) is 24.8 Å². The number of carboxylic acids is 1. The van der Waals surface area contributed by atoms with Crippen molar-refractivity contribution in [1.29, 1.82) is 0 Å². The molecule has 6 nitrogen and oxygen atoms in total. The Bertz CT molecular complexity index is 889. The molecule has 0 aromatic heterocycles. The predicted molar refractivity (Wildman–Crippen MR) is 90.9 cm³/mol. The van der Waals surface area contributed by atoms with Crippen LogP contribution < -0.4 is 10.6 Å². The number of hydrogen-bond acceptors (Lipinski definition) is 3. The number of fused-ring (bicyclic) bond motifs is 1. The monoisotopic (exact) mass is 338 g/mol. The van der Waals surface area contributed by atoms with Gasteiger partial charge in [0.05, 0.1) is 5.92 Å². The molecule has 6 heteroatoms. The third kappa shape index (κ3) is 2.54. The lowest BCUT2D eigenvalue weighted by atomic mass is 9.84. The van der Waals surface area contributed by atoms with Crippen LogP contribution in [-0.2, 0) is 16.0 Å². The molecule has 2 aromatic rings. The maximum atomic E-state index is 12.5. The van der Waals surface area contributed by atoms with Crippen LogP contribution in [0.15, 0.2) is 42.5 Å². The summed E-state index contributed by atoms with van der Waals surface area (Å²) in [5.41, 5.74) is -0.0455. The quantitative estimate of drug-likeness (QED) is 0.727. The zero-order chi connectivity index (χ0) is 17.6. The van der Waals surface area contributed by atoms with Crippen LogP contribution >= 0.6 is 0 Å². The third-order valence-corrected chi connectivity index (χ3v) is 5.38. The lowest BCUT2D eigenvalue weighted by Gasteiger charge is -2.26. The van der Waals surface area contributed by atoms with Gasteiger partial charge in [0.2, 0.25) is 0 Å². The van der Waals surface area contributed by atoms with E-state index in [1.54, 1.807) is 0 Å². The van der Waals surface area contributed by atoms with Gasteiger partial charge in [0, 0.05) is 5.92 Å². The van der Waals surface area contributed by atoms with Gasteiger partial charge in [0.15, 0.2) is 0 Å². The minimum Gasteiger partial charge on any atom is -0.481 e. The molecule has 0 radical (unpaired) electrons. The van der Waals surface area contributed by atoms with Crippen molar-refractivity contribution >= 4 is 28.7 Å². The summed E-state index contributed by atoms with van der Waals surface area (Å²) >= 11 is 0. The van der Waals surface area contributed by atoms with E-state index in [1.165, 1.54) is 0 Å². The molecular weight excluding hydrogens is 320 g/mol. The Morgan fingerprint density at radius 1 is 1.16 bits per heavy atom. The van der Waals surface area contributed by atoms with Crippen molar-refractivity contribution < 1.29 is 19.5 Å². The van der Waals surface area contributed by atoms with Gasteiger partial charge in [-0.05, 0) is 35.6 Å². The minimum absolute atomic E-state index is 0.355. The molecule has 2 aliphatic rings. The zero-order valence-corrected chi connectivity index (χ0v) is 13.5. The first-order chi connectivity index (χ1) is 12.0. The Kier molecular flexibility index (Phi) is 3.49. The molecule has 25 heavy (non-hydrogen) atoms. The second-order valence-corrected chi connectivity index (χ2v) is 6.80. The highest BCUT2D eigenvalue weighted by Crippen LogP contribution is 2.49. The summed E-state index contributed by atoms with van der Waals surface area (Å²) in [6, 6.07) is 13.5. The lowest BCUT2D eigenvalue weighted by Crippen LogP contribution is -2.50. The molecule has 4 rings (SSSR count). The Labute approximate surface area is 144 Å². The summed E-state index contributed by atoms with van der Waals surface area (Å²) in [5.74, 6) is -2.25. The predicted octanol–water partition coefficient (Wildman–Crippen LogP) is 2.07. The summed E-state index contributed by atoms with van der Waals surface area (Å²) < 4.78 is 0. The molecule has 2 fully saturated rings. The van der Waals surface area contributed by atoms with Gasteiger partial charge >= 0.3 is 12.0 Å². The van der Waals surface area contributed by atoms with Crippen molar-refractivity contribution in [2.75, 3.05) is 0 Å². The SMILES string of the molecule is O=C1NC(=O)C(CCc2cccc3ccccc23)([C@H]2C[C@@H]2C(=O)O)N1. The third-order valence-electron chi connectivity index (χ3n) is 5.38. The van der Waals surface area contributed by atoms with E-state index in [-0.39, 0.29) is 5.92 Å². The van der Waals surface area contributed by atoms with E-state index in [9.17, 15) is 19.5 Å². The lowest BCUT2D eigenvalue weighted by molar-refractivity contribution is -0.139. The fourth-order valence-electron chi connectivity index (χ4n) is 3.98. The number of benzene rings is 2. The maximum Gasteiger partial charge on any atom is 0.322 e. The number of urea groups is 1. The number of aliphatic carboxylic acids is 1. The van der Waals surface area contributed by atoms with E-state index in [2.05, 4.69) is 10.6 Å². The van der Waals surface area contributed by atoms with E-state index in [0.29, 0.717) is 19.3 Å². The molecule has 0 bridgehead atoms. The van der Waals surface area contributed by atoms with Gasteiger partial charge in [0.1, 0.15) is 5.54 Å². The van der Waals surface area contributed by atoms with Crippen molar-refractivity contribution in [3.8, 4) is 0 Å². The highest BCUT2D eigenvalue weighted by atomic mass is 16.4. The van der Waals surface area contributed by atoms with Crippen LogP contribution in [0.1, 0.15) is 18.4 Å². The Balaban J connectivity index is 1.63. The number of amides is 3. The molecule has 128 valence electrons. The van der Waals surface area contributed by atoms with Crippen LogP contribution in [0.5, 0.6) is 0 Å². The van der Waals surface area contributed by atoms with E-state index in [0.717, 1.165) is 16.3 Å². The number of aryl methyl sites for hydroxylation is 1. The Morgan fingerprint density at radius 3 is 2.60 bits per heavy atom. The fourth-order valence-corrected chi connectivity index (χ4v) is 3.98. The van der Waals surface area contributed by atoms with Crippen molar-refractivity contribution in [2.24, 2.45) is 11.8 Å². The minimum atomic E-state index is -1.13. The molecule has 1 heterocycles. The average molecular weight is 338 g/mol. The van der Waals surface area contributed by atoms with Gasteiger partial charge in [-0.1, -0.05) is 42.5 Å². The zero-order valence-electron chi connectivity index (χ0n) is 13.5. The first-order valence-electron chi connectivity index (χ1n) is 8.34. The topological polar surface area (TPSA) is 95.5 Å². The molecular formula is C19H18N2O4. The van der Waals surface area contributed by atoms with E-state index < -0.39 is 29.4 Å². The molecule has 1 saturated carbocycles. The Morgan fingerprint density at radius 2 is 1.92 bits per heavy atom. The smallest absolute Gasteiger partial charge is 0.322 e. The van der Waals surface area contributed by atoms with E-state index in [1.807, 2.05) is 42.5 Å². The highest BCUT2D eigenvalue weighted by Gasteiger charge is 2.62. The molecule has 2 aromatic carbocycles. The number of hydrogen-bond donors (Lipinski definition) is 3. The van der Waals surface area contributed by atoms with Gasteiger partial charge in [-0.15, -0.1) is 0 Å². The number of imide groups is 1. The average Bonchev–Trinajstić information content (AvgIpc) is 3.34. The molecule has 1 aliphatic heterocycles. The summed E-state index contributed by atoms with van der Waals surface area (Å²) in [6.45, 7) is 0. The molecule has 3 N–H and O–H groups in total. The van der Waals surface area contributed by atoms with Crippen molar-refractivity contribution in [3.05, 3.63) is 48.0 Å². The molecule has 3 atom stereocenters. The number of carbonyl (C=O) groups excluding carboxylic acids is 2. The van der Waals surface area contributed by atoms with Crippen LogP contribution in [0.4, 0.5) is 4.79 Å². The van der Waals surface area contributed by atoms with Crippen LogP contribution in [0.2, 0.25) is 0 Å². The van der Waals surface area contributed by atoms with Crippen LogP contribution in [0, 0.1) is 11.8 Å². The van der Waals surface area contributed by atoms with Crippen LogP contribution in [0.3, 0.4) is 0 Å². The number of carboxylic acid groups (broad SMARTS) is 1. The van der Waals surface area contributed by atoms with Gasteiger partial charge in [-0.2, -0.15) is 0 Å². The first kappa shape index (κ1) is 15.6. The second kappa shape index (κ2) is 5.58. The van der Waals surface area contributed by atoms with E-state index >= 15 is 0 Å². The van der Waals surface area contributed by atoms with Crippen LogP contribution in [-0.4, -0.2) is 28.6 Å². The fraction of sp³-hybridized carbons (Fsp3) is 0.316. The number of carbonyl (C=O) groups is 3. The molecule has 1 unspecified atom stereocenters. The Hall–Kier alpha value is -2.89. The summed E-state index contributed by atoms with van der Waals surface area (Å²) in [6.07, 6.45) is 1.38. The largest absolute Gasteiger partial charge is 0.481 e. The molecule has 0 spiro atoms. The summed E-state index contributed by atoms with van der Waals surface area (Å²) in [7, 11) is 0.